The third-order valence-electron chi connectivity index (χ3n) is 5.52. The van der Waals surface area contributed by atoms with Crippen LogP contribution in [0.25, 0.3) is 0 Å². The van der Waals surface area contributed by atoms with Gasteiger partial charge in [0.15, 0.2) is 17.9 Å². The Balaban J connectivity index is 1.57. The minimum absolute atomic E-state index is 0.0860. The Labute approximate surface area is 180 Å². The molecule has 1 N–H and O–H groups in total. The molecule has 3 aliphatic heterocycles. The first-order valence-electron chi connectivity index (χ1n) is 10.4. The maximum atomic E-state index is 14.4. The number of likely N-dealkylation sites (tertiary alicyclic amines) is 1. The maximum absolute atomic E-state index is 14.4. The lowest BCUT2D eigenvalue weighted by Crippen LogP contribution is -2.46. The van der Waals surface area contributed by atoms with E-state index in [2.05, 4.69) is 15.3 Å². The van der Waals surface area contributed by atoms with Gasteiger partial charge in [-0.25, -0.2) is 9.37 Å². The van der Waals surface area contributed by atoms with E-state index in [1.54, 1.807) is 24.1 Å². The van der Waals surface area contributed by atoms with Gasteiger partial charge in [0.25, 0.3) is 5.91 Å². The third-order valence-corrected chi connectivity index (χ3v) is 5.52. The number of rotatable bonds is 4. The van der Waals surface area contributed by atoms with Gasteiger partial charge in [-0.2, -0.15) is 0 Å². The second kappa shape index (κ2) is 8.49. The van der Waals surface area contributed by atoms with Gasteiger partial charge in [0.2, 0.25) is 0 Å². The highest BCUT2D eigenvalue weighted by Gasteiger charge is 2.34. The second-order valence-electron chi connectivity index (χ2n) is 8.21. The van der Waals surface area contributed by atoms with Crippen molar-refractivity contribution in [3.63, 3.8) is 0 Å². The molecule has 0 radical (unpaired) electrons. The van der Waals surface area contributed by atoms with Gasteiger partial charge in [-0.05, 0) is 44.9 Å². The van der Waals surface area contributed by atoms with Crippen molar-refractivity contribution in [1.29, 1.82) is 0 Å². The number of piperidine rings is 1. The average molecular weight is 427 g/mol. The zero-order valence-electron chi connectivity index (χ0n) is 17.7. The molecule has 0 spiro atoms. The summed E-state index contributed by atoms with van der Waals surface area (Å²) in [6.07, 6.45) is 8.56. The van der Waals surface area contributed by atoms with Gasteiger partial charge < -0.3 is 19.9 Å². The van der Waals surface area contributed by atoms with E-state index in [4.69, 9.17) is 4.74 Å². The zero-order chi connectivity index (χ0) is 22.0. The van der Waals surface area contributed by atoms with Crippen LogP contribution in [-0.2, 0) is 4.79 Å². The number of amides is 1. The summed E-state index contributed by atoms with van der Waals surface area (Å²) in [4.78, 5) is 36.1. The van der Waals surface area contributed by atoms with Crippen molar-refractivity contribution in [3.8, 4) is 5.75 Å². The van der Waals surface area contributed by atoms with Crippen LogP contribution < -0.4 is 15.0 Å². The number of dihydropyridines is 1. The maximum Gasteiger partial charge on any atom is 0.255 e. The monoisotopic (exact) mass is 427 g/mol. The number of fused-ring (bicyclic) bond motifs is 1. The molecule has 3 aliphatic rings. The molecule has 1 saturated heterocycles. The lowest BCUT2D eigenvalue weighted by molar-refractivity contribution is -0.102. The van der Waals surface area contributed by atoms with Crippen LogP contribution in [0.2, 0.25) is 0 Å². The highest BCUT2D eigenvalue weighted by Crippen LogP contribution is 2.34. The second-order valence-corrected chi connectivity index (χ2v) is 8.21. The van der Waals surface area contributed by atoms with E-state index < -0.39 is 5.67 Å². The van der Waals surface area contributed by atoms with Gasteiger partial charge in [0.1, 0.15) is 18.4 Å². The van der Waals surface area contributed by atoms with Crippen LogP contribution in [0.15, 0.2) is 41.3 Å². The van der Waals surface area contributed by atoms with Gasteiger partial charge in [0.05, 0.1) is 24.4 Å². The van der Waals surface area contributed by atoms with Crippen LogP contribution >= 0.6 is 0 Å². The molecule has 0 aromatic carbocycles. The molecule has 1 fully saturated rings. The molecule has 31 heavy (non-hydrogen) atoms. The van der Waals surface area contributed by atoms with Crippen molar-refractivity contribution >= 4 is 23.7 Å². The van der Waals surface area contributed by atoms with Crippen molar-refractivity contribution in [3.05, 3.63) is 41.9 Å². The topological polar surface area (TPSA) is 87.1 Å². The third kappa shape index (κ3) is 4.60. The summed E-state index contributed by atoms with van der Waals surface area (Å²) in [5.41, 5.74) is 0.288. The van der Waals surface area contributed by atoms with Crippen LogP contribution in [0, 0.1) is 0 Å². The molecular weight excluding hydrogens is 401 g/mol. The molecule has 4 heterocycles. The number of aliphatic imine (C=N–C) groups is 1. The number of hydrogen-bond acceptors (Lipinski definition) is 7. The van der Waals surface area contributed by atoms with Crippen LogP contribution in [-0.4, -0.2) is 65.9 Å². The van der Waals surface area contributed by atoms with E-state index in [0.29, 0.717) is 61.7 Å². The lowest BCUT2D eigenvalue weighted by atomic mass is 9.96. The van der Waals surface area contributed by atoms with Gasteiger partial charge in [-0.1, -0.05) is 0 Å². The molecule has 0 aliphatic carbocycles. The van der Waals surface area contributed by atoms with Crippen molar-refractivity contribution in [2.75, 3.05) is 31.1 Å². The van der Waals surface area contributed by atoms with E-state index in [-0.39, 0.29) is 18.6 Å². The zero-order valence-corrected chi connectivity index (χ0v) is 17.7. The van der Waals surface area contributed by atoms with E-state index >= 15 is 0 Å². The minimum atomic E-state index is -1.36. The highest BCUT2D eigenvalue weighted by molar-refractivity contribution is 6.27. The fourth-order valence-electron chi connectivity index (χ4n) is 4.02. The van der Waals surface area contributed by atoms with E-state index in [0.717, 1.165) is 5.70 Å². The summed E-state index contributed by atoms with van der Waals surface area (Å²) in [5, 5.41) is 3.08. The SMILES string of the molecule is CC(C=O)=NC1C=C(N2CCOc3cc(C(=O)N4CCCC(C)(F)C4)cnc32)C=CN1. The number of alkyl halides is 1. The predicted molar refractivity (Wildman–Crippen MR) is 115 cm³/mol. The van der Waals surface area contributed by atoms with Crippen LogP contribution in [0.5, 0.6) is 5.75 Å². The summed E-state index contributed by atoms with van der Waals surface area (Å²) in [7, 11) is 0. The van der Waals surface area contributed by atoms with Crippen molar-refractivity contribution in [2.45, 2.75) is 38.5 Å². The molecule has 1 aromatic rings. The Hall–Kier alpha value is -3.23. The first kappa shape index (κ1) is 21.0. The van der Waals surface area contributed by atoms with Gasteiger partial charge in [0, 0.05) is 24.6 Å². The molecule has 1 amide bonds. The van der Waals surface area contributed by atoms with Gasteiger partial charge >= 0.3 is 0 Å². The molecule has 0 saturated carbocycles. The molecule has 8 nitrogen and oxygen atoms in total. The molecule has 164 valence electrons. The number of nitrogens with one attached hydrogen (secondary N) is 1. The van der Waals surface area contributed by atoms with E-state index in [1.807, 2.05) is 17.1 Å². The predicted octanol–water partition coefficient (Wildman–Crippen LogP) is 2.23. The van der Waals surface area contributed by atoms with Crippen molar-refractivity contribution in [2.24, 2.45) is 4.99 Å². The number of ether oxygens (including phenoxy) is 1. The largest absolute Gasteiger partial charge is 0.488 e. The summed E-state index contributed by atoms with van der Waals surface area (Å²) >= 11 is 0. The normalized spacial score (nSPS) is 25.8. The van der Waals surface area contributed by atoms with E-state index in [1.165, 1.54) is 13.1 Å². The standard InChI is InChI=1S/C22H26FN5O3/c1-15(13-29)26-19-11-17(4-6-24-19)28-8-9-31-18-10-16(12-25-20(18)28)21(30)27-7-3-5-22(2,23)14-27/h4,6,10-13,19,24H,3,5,7-9,14H2,1-2H3. The molecule has 2 unspecified atom stereocenters. The van der Waals surface area contributed by atoms with Crippen LogP contribution in [0.4, 0.5) is 10.2 Å². The summed E-state index contributed by atoms with van der Waals surface area (Å²) < 4.78 is 20.2. The van der Waals surface area contributed by atoms with Crippen molar-refractivity contribution in [1.82, 2.24) is 15.2 Å². The Morgan fingerprint density at radius 2 is 2.29 bits per heavy atom. The number of nitrogens with zero attached hydrogens (tertiary/aromatic N) is 4. The quantitative estimate of drug-likeness (QED) is 0.586. The number of allylic oxidation sites excluding steroid dienone is 1. The summed E-state index contributed by atoms with van der Waals surface area (Å²) in [5.74, 6) is 0.873. The number of aldehydes is 1. The fraction of sp³-hybridized carbons (Fsp3) is 0.455. The average Bonchev–Trinajstić information content (AvgIpc) is 2.77. The first-order valence-corrected chi connectivity index (χ1v) is 10.4. The van der Waals surface area contributed by atoms with E-state index in [9.17, 15) is 14.0 Å². The molecule has 2 atom stereocenters. The Kier molecular flexibility index (Phi) is 5.75. The summed E-state index contributed by atoms with van der Waals surface area (Å²) in [6, 6.07) is 1.68. The van der Waals surface area contributed by atoms with Crippen molar-refractivity contribution < 1.29 is 18.7 Å². The molecule has 1 aromatic heterocycles. The van der Waals surface area contributed by atoms with Crippen LogP contribution in [0.3, 0.4) is 0 Å². The molecule has 9 heteroatoms. The Morgan fingerprint density at radius 3 is 3.06 bits per heavy atom. The Bertz CT molecular complexity index is 972. The van der Waals surface area contributed by atoms with Gasteiger partial charge in [-0.3, -0.25) is 14.6 Å². The highest BCUT2D eigenvalue weighted by atomic mass is 19.1. The number of anilines is 1. The molecule has 4 rings (SSSR count). The number of hydrogen-bond donors (Lipinski definition) is 1. The van der Waals surface area contributed by atoms with Crippen LogP contribution in [0.1, 0.15) is 37.0 Å². The lowest BCUT2D eigenvalue weighted by Gasteiger charge is -2.35. The number of carbonyl (C=O) groups is 2. The fourth-order valence-corrected chi connectivity index (χ4v) is 4.02. The smallest absolute Gasteiger partial charge is 0.255 e. The number of carbonyl (C=O) groups excluding carboxylic acids is 2. The minimum Gasteiger partial charge on any atom is -0.488 e. The Morgan fingerprint density at radius 1 is 1.45 bits per heavy atom. The number of pyridine rings is 1. The first-order chi connectivity index (χ1) is 14.9. The number of aromatic nitrogens is 1. The molecular formula is C22H26FN5O3. The summed E-state index contributed by atoms with van der Waals surface area (Å²) in [6.45, 7) is 4.82. The number of halogens is 1. The molecule has 0 bridgehead atoms. The van der Waals surface area contributed by atoms with Gasteiger partial charge in [-0.15, -0.1) is 0 Å².